The third-order valence-electron chi connectivity index (χ3n) is 7.01. The Morgan fingerprint density at radius 1 is 0.842 bits per heavy atom. The number of benzene rings is 3. The molecule has 3 aromatic carbocycles. The summed E-state index contributed by atoms with van der Waals surface area (Å²) in [7, 11) is -1.53. The average molecular weight is 537 g/mol. The van der Waals surface area contributed by atoms with Crippen molar-refractivity contribution in [3.63, 3.8) is 0 Å². The molecule has 0 unspecified atom stereocenters. The van der Waals surface area contributed by atoms with Crippen molar-refractivity contribution in [3.05, 3.63) is 96.6 Å². The van der Waals surface area contributed by atoms with Gasteiger partial charge in [-0.2, -0.15) is 0 Å². The second-order valence-corrected chi connectivity index (χ2v) is 14.8. The second kappa shape index (κ2) is 11.9. The molecule has 0 aromatic heterocycles. The average Bonchev–Trinajstić information content (AvgIpc) is 2.93. The lowest BCUT2D eigenvalue weighted by Gasteiger charge is -2.46. The summed E-state index contributed by atoms with van der Waals surface area (Å²) in [5.74, 6) is -0.655. The van der Waals surface area contributed by atoms with Crippen LogP contribution < -0.4 is 10.4 Å². The minimum absolute atomic E-state index is 0.000412. The molecule has 5 atom stereocenters. The molecule has 1 heterocycles. The minimum atomic E-state index is -2.92. The Labute approximate surface area is 225 Å². The van der Waals surface area contributed by atoms with Crippen LogP contribution in [0.25, 0.3) is 0 Å². The van der Waals surface area contributed by atoms with E-state index in [-0.39, 0.29) is 11.6 Å². The SMILES string of the molecule is CO[C@H]1O[C@H](CO[Si](c2ccccc2)(c2ccccc2)C(C)(C)C)[C@@H](O)[C@H](OC(=O)c2ccccc2)[C@@H]1O. The van der Waals surface area contributed by atoms with Gasteiger partial charge in [-0.1, -0.05) is 99.6 Å². The molecule has 2 N–H and O–H groups in total. The summed E-state index contributed by atoms with van der Waals surface area (Å²) in [6.07, 6.45) is -6.03. The highest BCUT2D eigenvalue weighted by Gasteiger charge is 2.53. The fraction of sp³-hybridized carbons (Fsp3) is 0.367. The lowest BCUT2D eigenvalue weighted by Crippen LogP contribution is -2.68. The van der Waals surface area contributed by atoms with Gasteiger partial charge >= 0.3 is 5.97 Å². The quantitative estimate of drug-likeness (QED) is 0.338. The summed E-state index contributed by atoms with van der Waals surface area (Å²) in [5, 5.41) is 24.0. The zero-order chi connectivity index (χ0) is 27.3. The molecule has 0 bridgehead atoms. The molecule has 8 heteroatoms. The summed E-state index contributed by atoms with van der Waals surface area (Å²) in [6, 6.07) is 28.7. The minimum Gasteiger partial charge on any atom is -0.453 e. The van der Waals surface area contributed by atoms with E-state index in [9.17, 15) is 15.0 Å². The van der Waals surface area contributed by atoms with Crippen molar-refractivity contribution in [2.75, 3.05) is 13.7 Å². The number of esters is 1. The van der Waals surface area contributed by atoms with Crippen molar-refractivity contribution in [3.8, 4) is 0 Å². The molecule has 38 heavy (non-hydrogen) atoms. The van der Waals surface area contributed by atoms with E-state index in [0.717, 1.165) is 10.4 Å². The molecule has 1 aliphatic rings. The second-order valence-electron chi connectivity index (χ2n) is 10.5. The first-order valence-electron chi connectivity index (χ1n) is 12.7. The van der Waals surface area contributed by atoms with Crippen molar-refractivity contribution in [2.24, 2.45) is 0 Å². The van der Waals surface area contributed by atoms with Gasteiger partial charge in [-0.15, -0.1) is 0 Å². The summed E-state index contributed by atoms with van der Waals surface area (Å²) in [5.41, 5.74) is 0.312. The summed E-state index contributed by atoms with van der Waals surface area (Å²) < 4.78 is 23.8. The van der Waals surface area contributed by atoms with Crippen LogP contribution >= 0.6 is 0 Å². The smallest absolute Gasteiger partial charge is 0.338 e. The number of rotatable bonds is 8. The molecular formula is C30H36O7Si. The Hall–Kier alpha value is -2.85. The Morgan fingerprint density at radius 3 is 1.82 bits per heavy atom. The van der Waals surface area contributed by atoms with Crippen molar-refractivity contribution in [1.29, 1.82) is 0 Å². The first kappa shape index (κ1) is 28.2. The standard InChI is InChI=1S/C30H36O7Si/c1-30(2,3)38(22-16-10-6-11-17-22,23-18-12-7-13-19-23)35-20-24-25(31)27(26(32)29(34-4)36-24)37-28(33)21-14-8-5-9-15-21/h5-19,24-27,29,31-32H,20H2,1-4H3/t24-,25-,26+,27+,29+/m1/s1. The van der Waals surface area contributed by atoms with E-state index in [1.807, 2.05) is 36.4 Å². The highest BCUT2D eigenvalue weighted by Crippen LogP contribution is 2.37. The Bertz CT molecular complexity index is 1130. The summed E-state index contributed by atoms with van der Waals surface area (Å²) in [4.78, 5) is 12.8. The number of aliphatic hydroxyl groups is 2. The van der Waals surface area contributed by atoms with Gasteiger partial charge in [-0.3, -0.25) is 0 Å². The normalized spacial score (nSPS) is 24.1. The predicted octanol–water partition coefficient (Wildman–Crippen LogP) is 2.88. The Balaban J connectivity index is 1.65. The summed E-state index contributed by atoms with van der Waals surface area (Å²) >= 11 is 0. The number of hydrogen-bond donors (Lipinski definition) is 2. The van der Waals surface area contributed by atoms with Gasteiger partial charge in [-0.25, -0.2) is 4.79 Å². The Morgan fingerprint density at radius 2 is 1.34 bits per heavy atom. The van der Waals surface area contributed by atoms with Crippen LogP contribution in [0.3, 0.4) is 0 Å². The van der Waals surface area contributed by atoms with E-state index in [1.165, 1.54) is 7.11 Å². The topological polar surface area (TPSA) is 94.5 Å². The van der Waals surface area contributed by atoms with Crippen molar-refractivity contribution >= 4 is 24.7 Å². The maximum atomic E-state index is 12.8. The molecule has 0 radical (unpaired) electrons. The molecule has 4 rings (SSSR count). The van der Waals surface area contributed by atoms with Crippen LogP contribution in [0.5, 0.6) is 0 Å². The zero-order valence-electron chi connectivity index (χ0n) is 22.2. The van der Waals surface area contributed by atoms with Crippen molar-refractivity contribution < 1.29 is 33.6 Å². The van der Waals surface area contributed by atoms with Gasteiger partial charge in [0.15, 0.2) is 12.4 Å². The van der Waals surface area contributed by atoms with Gasteiger partial charge in [-0.05, 0) is 27.5 Å². The third-order valence-corrected chi connectivity index (χ3v) is 12.0. The third kappa shape index (κ3) is 5.61. The molecule has 0 saturated carbocycles. The number of carbonyl (C=O) groups excluding carboxylic acids is 1. The van der Waals surface area contributed by atoms with Gasteiger partial charge in [0.25, 0.3) is 8.32 Å². The van der Waals surface area contributed by atoms with Crippen LogP contribution in [0.4, 0.5) is 0 Å². The largest absolute Gasteiger partial charge is 0.453 e. The van der Waals surface area contributed by atoms with Crippen LogP contribution in [-0.4, -0.2) is 68.9 Å². The van der Waals surface area contributed by atoms with Crippen LogP contribution in [0, 0.1) is 0 Å². The van der Waals surface area contributed by atoms with Gasteiger partial charge in [0.05, 0.1) is 12.2 Å². The van der Waals surface area contributed by atoms with Gasteiger partial charge in [0.2, 0.25) is 0 Å². The molecule has 0 aliphatic carbocycles. The first-order chi connectivity index (χ1) is 18.2. The van der Waals surface area contributed by atoms with E-state index < -0.39 is 45.0 Å². The van der Waals surface area contributed by atoms with Crippen LogP contribution in [0.1, 0.15) is 31.1 Å². The van der Waals surface area contributed by atoms with Gasteiger partial charge in [0, 0.05) is 7.11 Å². The van der Waals surface area contributed by atoms with Crippen LogP contribution in [-0.2, 0) is 18.6 Å². The maximum absolute atomic E-state index is 12.8. The van der Waals surface area contributed by atoms with E-state index in [2.05, 4.69) is 45.0 Å². The number of methoxy groups -OCH3 is 1. The lowest BCUT2D eigenvalue weighted by molar-refractivity contribution is -0.292. The molecule has 7 nitrogen and oxygen atoms in total. The number of carbonyl (C=O) groups is 1. The molecule has 1 fully saturated rings. The monoisotopic (exact) mass is 536 g/mol. The molecule has 3 aromatic rings. The molecule has 0 amide bonds. The molecule has 1 saturated heterocycles. The maximum Gasteiger partial charge on any atom is 0.338 e. The van der Waals surface area contributed by atoms with E-state index in [0.29, 0.717) is 5.56 Å². The van der Waals surface area contributed by atoms with Gasteiger partial charge < -0.3 is 28.8 Å². The zero-order valence-corrected chi connectivity index (χ0v) is 23.2. The number of ether oxygens (including phenoxy) is 3. The van der Waals surface area contributed by atoms with Crippen molar-refractivity contribution in [1.82, 2.24) is 0 Å². The highest BCUT2D eigenvalue weighted by atomic mass is 28.4. The van der Waals surface area contributed by atoms with E-state index in [4.69, 9.17) is 18.6 Å². The van der Waals surface area contributed by atoms with Crippen molar-refractivity contribution in [2.45, 2.75) is 56.5 Å². The first-order valence-corrected chi connectivity index (χ1v) is 14.7. The Kier molecular flexibility index (Phi) is 8.82. The fourth-order valence-corrected chi connectivity index (χ4v) is 9.68. The van der Waals surface area contributed by atoms with Gasteiger partial charge in [0.1, 0.15) is 18.3 Å². The number of aliphatic hydroxyl groups excluding tert-OH is 2. The van der Waals surface area contributed by atoms with Crippen LogP contribution in [0.2, 0.25) is 5.04 Å². The van der Waals surface area contributed by atoms with E-state index >= 15 is 0 Å². The summed E-state index contributed by atoms with van der Waals surface area (Å²) in [6.45, 7) is 6.47. The van der Waals surface area contributed by atoms with E-state index in [1.54, 1.807) is 30.3 Å². The highest BCUT2D eigenvalue weighted by molar-refractivity contribution is 6.99. The number of hydrogen-bond acceptors (Lipinski definition) is 7. The predicted molar refractivity (Wildman–Crippen MR) is 147 cm³/mol. The lowest BCUT2D eigenvalue weighted by atomic mass is 9.99. The molecular weight excluding hydrogens is 500 g/mol. The molecule has 0 spiro atoms. The molecule has 202 valence electrons. The molecule has 1 aliphatic heterocycles. The van der Waals surface area contributed by atoms with Crippen LogP contribution in [0.15, 0.2) is 91.0 Å². The fourth-order valence-electron chi connectivity index (χ4n) is 5.11.